The van der Waals surface area contributed by atoms with Crippen LogP contribution in [0.1, 0.15) is 75.8 Å². The Morgan fingerprint density at radius 1 is 1.11 bits per heavy atom. The van der Waals surface area contributed by atoms with E-state index in [9.17, 15) is 9.59 Å². The fraction of sp³-hybridized carbons (Fsp3) is 0.615. The number of thiazole rings is 1. The lowest BCUT2D eigenvalue weighted by molar-refractivity contribution is -0.138. The van der Waals surface area contributed by atoms with Gasteiger partial charge in [0.25, 0.3) is 0 Å². The summed E-state index contributed by atoms with van der Waals surface area (Å²) in [4.78, 5) is 38.1. The van der Waals surface area contributed by atoms with Gasteiger partial charge in [0.05, 0.1) is 5.92 Å². The van der Waals surface area contributed by atoms with Gasteiger partial charge in [-0.25, -0.2) is 14.8 Å². The SMILES string of the molecule is Cc1cnc(Nc2cccc(C3CCN(C(=O)[C@H]4CCCC[C@H]4NC(=O)OC(C)(C)C)CC3)n2)s1. The second kappa shape index (κ2) is 10.9. The van der Waals surface area contributed by atoms with Crippen LogP contribution in [0.3, 0.4) is 0 Å². The maximum absolute atomic E-state index is 13.4. The number of rotatable bonds is 5. The summed E-state index contributed by atoms with van der Waals surface area (Å²) in [5.74, 6) is 1.10. The van der Waals surface area contributed by atoms with Crippen molar-refractivity contribution in [3.8, 4) is 0 Å². The van der Waals surface area contributed by atoms with Crippen LogP contribution in [0.5, 0.6) is 0 Å². The van der Waals surface area contributed by atoms with Crippen molar-refractivity contribution in [2.24, 2.45) is 5.92 Å². The summed E-state index contributed by atoms with van der Waals surface area (Å²) in [5.41, 5.74) is 0.498. The molecule has 0 radical (unpaired) electrons. The van der Waals surface area contributed by atoms with Crippen LogP contribution in [0.15, 0.2) is 24.4 Å². The van der Waals surface area contributed by atoms with E-state index in [1.807, 2.05) is 50.9 Å². The number of piperidine rings is 1. The molecule has 190 valence electrons. The molecule has 3 heterocycles. The minimum absolute atomic E-state index is 0.159. The number of amides is 2. The van der Waals surface area contributed by atoms with Crippen LogP contribution < -0.4 is 10.6 Å². The molecule has 4 rings (SSSR count). The van der Waals surface area contributed by atoms with E-state index < -0.39 is 11.7 Å². The highest BCUT2D eigenvalue weighted by atomic mass is 32.1. The highest BCUT2D eigenvalue weighted by Gasteiger charge is 2.37. The molecule has 2 amide bonds. The molecule has 8 nitrogen and oxygen atoms in total. The summed E-state index contributed by atoms with van der Waals surface area (Å²) in [5, 5.41) is 7.12. The van der Waals surface area contributed by atoms with E-state index in [1.54, 1.807) is 11.3 Å². The second-order valence-electron chi connectivity index (χ2n) is 10.6. The first kappa shape index (κ1) is 25.4. The molecule has 35 heavy (non-hydrogen) atoms. The number of hydrogen-bond acceptors (Lipinski definition) is 7. The van der Waals surface area contributed by atoms with Crippen LogP contribution in [0.25, 0.3) is 0 Å². The smallest absolute Gasteiger partial charge is 0.407 e. The van der Waals surface area contributed by atoms with Crippen molar-refractivity contribution in [2.45, 2.75) is 83.8 Å². The fourth-order valence-corrected chi connectivity index (χ4v) is 5.63. The van der Waals surface area contributed by atoms with Gasteiger partial charge in [0.15, 0.2) is 5.13 Å². The third-order valence-electron chi connectivity index (χ3n) is 6.64. The number of pyridine rings is 1. The zero-order chi connectivity index (χ0) is 25.0. The Labute approximate surface area is 211 Å². The molecule has 2 aromatic rings. The topological polar surface area (TPSA) is 96.5 Å². The molecule has 9 heteroatoms. The van der Waals surface area contributed by atoms with Gasteiger partial charge in [-0.15, -0.1) is 11.3 Å². The molecule has 1 saturated carbocycles. The molecule has 1 aliphatic heterocycles. The summed E-state index contributed by atoms with van der Waals surface area (Å²) >= 11 is 1.61. The zero-order valence-corrected chi connectivity index (χ0v) is 22.0. The van der Waals surface area contributed by atoms with Crippen molar-refractivity contribution in [3.63, 3.8) is 0 Å². The number of alkyl carbamates (subject to hydrolysis) is 1. The van der Waals surface area contributed by atoms with Crippen LogP contribution in [0.4, 0.5) is 15.7 Å². The third kappa shape index (κ3) is 6.93. The summed E-state index contributed by atoms with van der Waals surface area (Å²) < 4.78 is 5.44. The van der Waals surface area contributed by atoms with Gasteiger partial charge >= 0.3 is 6.09 Å². The minimum Gasteiger partial charge on any atom is -0.444 e. The molecule has 1 aliphatic carbocycles. The first-order valence-corrected chi connectivity index (χ1v) is 13.4. The molecule has 0 spiro atoms. The number of nitrogens with zero attached hydrogens (tertiary/aromatic N) is 3. The van der Waals surface area contributed by atoms with E-state index in [1.165, 1.54) is 0 Å². The summed E-state index contributed by atoms with van der Waals surface area (Å²) in [6.07, 6.45) is 6.84. The summed E-state index contributed by atoms with van der Waals surface area (Å²) in [7, 11) is 0. The maximum Gasteiger partial charge on any atom is 0.407 e. The van der Waals surface area contributed by atoms with E-state index in [2.05, 4.69) is 21.7 Å². The second-order valence-corrected chi connectivity index (χ2v) is 11.8. The predicted molar refractivity (Wildman–Crippen MR) is 138 cm³/mol. The predicted octanol–water partition coefficient (Wildman–Crippen LogP) is 5.38. The van der Waals surface area contributed by atoms with Crippen LogP contribution >= 0.6 is 11.3 Å². The summed E-state index contributed by atoms with van der Waals surface area (Å²) in [6, 6.07) is 5.89. The van der Waals surface area contributed by atoms with Gasteiger partial charge in [0.2, 0.25) is 5.91 Å². The highest BCUT2D eigenvalue weighted by molar-refractivity contribution is 7.15. The molecular weight excluding hydrogens is 462 g/mol. The largest absolute Gasteiger partial charge is 0.444 e. The number of aromatic nitrogens is 2. The number of carbonyl (C=O) groups excluding carboxylic acids is 2. The van der Waals surface area contributed by atoms with Crippen LogP contribution in [0, 0.1) is 12.8 Å². The van der Waals surface area contributed by atoms with Crippen molar-refractivity contribution >= 4 is 34.3 Å². The van der Waals surface area contributed by atoms with Gasteiger partial charge in [-0.2, -0.15) is 0 Å². The number of nitrogens with one attached hydrogen (secondary N) is 2. The van der Waals surface area contributed by atoms with Crippen LogP contribution in [0.2, 0.25) is 0 Å². The van der Waals surface area contributed by atoms with E-state index in [4.69, 9.17) is 9.72 Å². The Morgan fingerprint density at radius 3 is 2.54 bits per heavy atom. The number of likely N-dealkylation sites (tertiary alicyclic amines) is 1. The molecule has 2 aliphatic rings. The van der Waals surface area contributed by atoms with Gasteiger partial charge < -0.3 is 20.3 Å². The number of hydrogen-bond donors (Lipinski definition) is 2. The van der Waals surface area contributed by atoms with Gasteiger partial charge in [-0.05, 0) is 65.5 Å². The molecule has 2 fully saturated rings. The standard InChI is InChI=1S/C26H37N5O3S/c1-17-16-27-24(35-17)30-22-11-7-10-20(28-22)18-12-14-31(15-13-18)23(32)19-8-5-6-9-21(19)29-25(33)34-26(2,3)4/h7,10-11,16,18-19,21H,5-6,8-9,12-15H2,1-4H3,(H,29,33)(H,27,28,30)/t19-,21+/m0/s1. The van der Waals surface area contributed by atoms with E-state index in [0.29, 0.717) is 19.0 Å². The van der Waals surface area contributed by atoms with Gasteiger partial charge in [-0.3, -0.25) is 4.79 Å². The van der Waals surface area contributed by atoms with Crippen molar-refractivity contribution in [1.82, 2.24) is 20.2 Å². The van der Waals surface area contributed by atoms with Crippen LogP contribution in [-0.4, -0.2) is 51.6 Å². The average Bonchev–Trinajstić information content (AvgIpc) is 3.22. The molecule has 1 saturated heterocycles. The van der Waals surface area contributed by atoms with Gasteiger partial charge in [0, 0.05) is 41.8 Å². The Hall–Kier alpha value is -2.68. The lowest BCUT2D eigenvalue weighted by Gasteiger charge is -2.38. The number of ether oxygens (including phenoxy) is 1. The maximum atomic E-state index is 13.4. The lowest BCUT2D eigenvalue weighted by atomic mass is 9.82. The Kier molecular flexibility index (Phi) is 7.94. The molecule has 2 aromatic heterocycles. The Bertz CT molecular complexity index is 1030. The van der Waals surface area contributed by atoms with Crippen molar-refractivity contribution in [2.75, 3.05) is 18.4 Å². The van der Waals surface area contributed by atoms with Crippen molar-refractivity contribution in [1.29, 1.82) is 0 Å². The summed E-state index contributed by atoms with van der Waals surface area (Å²) in [6.45, 7) is 9.00. The fourth-order valence-electron chi connectivity index (χ4n) is 4.96. The first-order valence-electron chi connectivity index (χ1n) is 12.6. The van der Waals surface area contributed by atoms with Crippen LogP contribution in [-0.2, 0) is 9.53 Å². The third-order valence-corrected chi connectivity index (χ3v) is 7.47. The Balaban J connectivity index is 1.33. The highest BCUT2D eigenvalue weighted by Crippen LogP contribution is 2.32. The quantitative estimate of drug-likeness (QED) is 0.573. The molecule has 2 N–H and O–H groups in total. The van der Waals surface area contributed by atoms with Crippen molar-refractivity contribution < 1.29 is 14.3 Å². The van der Waals surface area contributed by atoms with Gasteiger partial charge in [0.1, 0.15) is 11.4 Å². The molecule has 0 unspecified atom stereocenters. The van der Waals surface area contributed by atoms with E-state index in [0.717, 1.165) is 60.0 Å². The molecule has 0 bridgehead atoms. The Morgan fingerprint density at radius 2 is 1.86 bits per heavy atom. The molecular formula is C26H37N5O3S. The van der Waals surface area contributed by atoms with E-state index >= 15 is 0 Å². The normalized spacial score (nSPS) is 21.4. The average molecular weight is 500 g/mol. The number of anilines is 2. The monoisotopic (exact) mass is 499 g/mol. The first-order chi connectivity index (χ1) is 16.7. The van der Waals surface area contributed by atoms with E-state index in [-0.39, 0.29) is 17.9 Å². The molecule has 0 aromatic carbocycles. The molecule has 2 atom stereocenters. The van der Waals surface area contributed by atoms with Gasteiger partial charge in [-0.1, -0.05) is 18.9 Å². The minimum atomic E-state index is -0.555. The number of carbonyl (C=O) groups is 2. The lowest BCUT2D eigenvalue weighted by Crippen LogP contribution is -2.51. The zero-order valence-electron chi connectivity index (χ0n) is 21.2. The van der Waals surface area contributed by atoms with Crippen molar-refractivity contribution in [3.05, 3.63) is 35.0 Å². The number of aryl methyl sites for hydroxylation is 1.